The zero-order valence-electron chi connectivity index (χ0n) is 21.1. The molecule has 5 nitrogen and oxygen atoms in total. The molecule has 0 bridgehead atoms. The van der Waals surface area contributed by atoms with E-state index in [1.54, 1.807) is 37.4 Å². The predicted octanol–water partition coefficient (Wildman–Crippen LogP) is 5.48. The topological polar surface area (TPSA) is 47.0 Å². The summed E-state index contributed by atoms with van der Waals surface area (Å²) in [5.74, 6) is -0.389. The summed E-state index contributed by atoms with van der Waals surface area (Å²) in [6.07, 6.45) is 1.94. The van der Waals surface area contributed by atoms with Gasteiger partial charge in [0.15, 0.2) is 0 Å². The molecule has 1 aliphatic rings. The van der Waals surface area contributed by atoms with Crippen molar-refractivity contribution >= 4 is 11.6 Å². The summed E-state index contributed by atoms with van der Waals surface area (Å²) in [6.45, 7) is 10.9. The molecule has 188 valence electrons. The number of amides is 1. The number of phenols is 1. The van der Waals surface area contributed by atoms with E-state index in [0.717, 1.165) is 30.8 Å². The molecular formula is C30H34FN3O2. The van der Waals surface area contributed by atoms with E-state index < -0.39 is 0 Å². The number of rotatable bonds is 7. The number of phenolic OH excluding ortho intramolecular Hbond substituents is 1. The highest BCUT2D eigenvalue weighted by atomic mass is 19.1. The lowest BCUT2D eigenvalue weighted by Gasteiger charge is -2.47. The first kappa shape index (κ1) is 25.6. The van der Waals surface area contributed by atoms with Gasteiger partial charge in [-0.1, -0.05) is 36.4 Å². The second-order valence-corrected chi connectivity index (χ2v) is 9.60. The smallest absolute Gasteiger partial charge is 0.258 e. The number of hydrogen-bond acceptors (Lipinski definition) is 4. The third-order valence-electron chi connectivity index (χ3n) is 6.99. The Morgan fingerprint density at radius 2 is 1.75 bits per heavy atom. The van der Waals surface area contributed by atoms with Gasteiger partial charge in [-0.3, -0.25) is 14.6 Å². The molecule has 0 unspecified atom stereocenters. The van der Waals surface area contributed by atoms with Gasteiger partial charge in [0.2, 0.25) is 0 Å². The molecule has 6 heteroatoms. The summed E-state index contributed by atoms with van der Waals surface area (Å²) in [5, 5.41) is 10.3. The molecule has 0 spiro atoms. The van der Waals surface area contributed by atoms with Crippen LogP contribution in [0.3, 0.4) is 0 Å². The van der Waals surface area contributed by atoms with E-state index in [9.17, 15) is 14.3 Å². The van der Waals surface area contributed by atoms with Crippen LogP contribution in [0.4, 0.5) is 10.1 Å². The van der Waals surface area contributed by atoms with Gasteiger partial charge in [0, 0.05) is 50.0 Å². The van der Waals surface area contributed by atoms with Crippen LogP contribution in [-0.4, -0.2) is 59.6 Å². The number of carbonyl (C=O) groups is 1. The molecule has 0 radical (unpaired) electrons. The van der Waals surface area contributed by atoms with Gasteiger partial charge in [0.25, 0.3) is 5.91 Å². The van der Waals surface area contributed by atoms with Crippen molar-refractivity contribution in [2.75, 3.05) is 31.6 Å². The van der Waals surface area contributed by atoms with Crippen LogP contribution in [0.1, 0.15) is 41.4 Å². The van der Waals surface area contributed by atoms with Crippen molar-refractivity contribution in [3.8, 4) is 5.75 Å². The standard InChI is InChI=1S/C30H34FN3O2/c1-5-15-33-19-22(3)34(20-21(33)2)29(24-10-7-14-28(35)17-24)23-9-6-11-25(16-23)30(36)32(4)27-13-8-12-26(31)18-27/h5-14,16-18,21-22,29,35H,1,15,19-20H2,2-4H3/t21-,22+,29+/m1/s1. The molecular weight excluding hydrogens is 453 g/mol. The first-order chi connectivity index (χ1) is 17.3. The maximum Gasteiger partial charge on any atom is 0.258 e. The van der Waals surface area contributed by atoms with E-state index in [2.05, 4.69) is 30.2 Å². The molecule has 1 saturated heterocycles. The summed E-state index contributed by atoms with van der Waals surface area (Å²) in [7, 11) is 1.65. The van der Waals surface area contributed by atoms with Gasteiger partial charge in [-0.15, -0.1) is 6.58 Å². The first-order valence-corrected chi connectivity index (χ1v) is 12.3. The van der Waals surface area contributed by atoms with Crippen molar-refractivity contribution in [3.05, 3.63) is 108 Å². The molecule has 36 heavy (non-hydrogen) atoms. The van der Waals surface area contributed by atoms with Gasteiger partial charge in [-0.2, -0.15) is 0 Å². The zero-order chi connectivity index (χ0) is 25.8. The number of nitrogens with zero attached hydrogens (tertiary/aromatic N) is 3. The highest BCUT2D eigenvalue weighted by Crippen LogP contribution is 2.35. The normalized spacial score (nSPS) is 19.6. The SMILES string of the molecule is C=CCN1C[C@H](C)N([C@H](c2cccc(O)c2)c2cccc(C(=O)N(C)c3cccc(F)c3)c2)C[C@H]1C. The lowest BCUT2D eigenvalue weighted by atomic mass is 9.92. The quantitative estimate of drug-likeness (QED) is 0.449. The van der Waals surface area contributed by atoms with Crippen LogP contribution in [0.5, 0.6) is 5.75 Å². The highest BCUT2D eigenvalue weighted by Gasteiger charge is 2.34. The summed E-state index contributed by atoms with van der Waals surface area (Å²) in [6, 6.07) is 21.4. The van der Waals surface area contributed by atoms with Crippen molar-refractivity contribution < 1.29 is 14.3 Å². The van der Waals surface area contributed by atoms with Crippen molar-refractivity contribution in [2.24, 2.45) is 0 Å². The average Bonchev–Trinajstić information content (AvgIpc) is 2.86. The Hall–Kier alpha value is -3.48. The van der Waals surface area contributed by atoms with Crippen molar-refractivity contribution in [2.45, 2.75) is 32.0 Å². The van der Waals surface area contributed by atoms with Crippen molar-refractivity contribution in [1.82, 2.24) is 9.80 Å². The van der Waals surface area contributed by atoms with Crippen molar-refractivity contribution in [3.63, 3.8) is 0 Å². The maximum absolute atomic E-state index is 13.8. The van der Waals surface area contributed by atoms with Crippen LogP contribution in [0, 0.1) is 5.82 Å². The summed E-state index contributed by atoms with van der Waals surface area (Å²) < 4.78 is 13.8. The maximum atomic E-state index is 13.8. The predicted molar refractivity (Wildman–Crippen MR) is 143 cm³/mol. The molecule has 0 aliphatic carbocycles. The van der Waals surface area contributed by atoms with Crippen molar-refractivity contribution in [1.29, 1.82) is 0 Å². The lowest BCUT2D eigenvalue weighted by Crippen LogP contribution is -2.57. The van der Waals surface area contributed by atoms with E-state index in [4.69, 9.17) is 0 Å². The van der Waals surface area contributed by atoms with E-state index in [1.807, 2.05) is 36.4 Å². The fourth-order valence-electron chi connectivity index (χ4n) is 5.11. The third kappa shape index (κ3) is 5.50. The van der Waals surface area contributed by atoms with Crippen LogP contribution in [0.2, 0.25) is 0 Å². The monoisotopic (exact) mass is 487 g/mol. The Kier molecular flexibility index (Phi) is 7.87. The number of piperazine rings is 1. The Morgan fingerprint density at radius 1 is 1.06 bits per heavy atom. The molecule has 3 aromatic rings. The highest BCUT2D eigenvalue weighted by molar-refractivity contribution is 6.05. The first-order valence-electron chi connectivity index (χ1n) is 12.3. The minimum absolute atomic E-state index is 0.146. The van der Waals surface area contributed by atoms with E-state index in [-0.39, 0.29) is 29.6 Å². The largest absolute Gasteiger partial charge is 0.508 e. The molecule has 1 heterocycles. The van der Waals surface area contributed by atoms with Crippen LogP contribution < -0.4 is 4.90 Å². The molecule has 1 amide bonds. The molecule has 0 aromatic heterocycles. The second-order valence-electron chi connectivity index (χ2n) is 9.60. The molecule has 4 rings (SSSR count). The number of carbonyl (C=O) groups excluding carboxylic acids is 1. The van der Waals surface area contributed by atoms with Crippen LogP contribution in [0.25, 0.3) is 0 Å². The summed E-state index contributed by atoms with van der Waals surface area (Å²) in [4.78, 5) is 19.7. The number of anilines is 1. The summed E-state index contributed by atoms with van der Waals surface area (Å²) >= 11 is 0. The Labute approximate surface area is 213 Å². The molecule has 1 N–H and O–H groups in total. The minimum Gasteiger partial charge on any atom is -0.508 e. The fraction of sp³-hybridized carbons (Fsp3) is 0.300. The number of hydrogen-bond donors (Lipinski definition) is 1. The Morgan fingerprint density at radius 3 is 2.44 bits per heavy atom. The molecule has 0 saturated carbocycles. The lowest BCUT2D eigenvalue weighted by molar-refractivity contribution is 0.0306. The van der Waals surface area contributed by atoms with Gasteiger partial charge >= 0.3 is 0 Å². The van der Waals surface area contributed by atoms with Crippen LogP contribution in [-0.2, 0) is 0 Å². The average molecular weight is 488 g/mol. The van der Waals surface area contributed by atoms with E-state index >= 15 is 0 Å². The number of benzene rings is 3. The zero-order valence-corrected chi connectivity index (χ0v) is 21.1. The Bertz CT molecular complexity index is 1230. The third-order valence-corrected chi connectivity index (χ3v) is 6.99. The van der Waals surface area contributed by atoms with Gasteiger partial charge in [-0.25, -0.2) is 4.39 Å². The molecule has 1 aliphatic heterocycles. The fourth-order valence-corrected chi connectivity index (χ4v) is 5.11. The van der Waals surface area contributed by atoms with Crippen LogP contribution in [0.15, 0.2) is 85.5 Å². The molecule has 3 aromatic carbocycles. The van der Waals surface area contributed by atoms with E-state index in [0.29, 0.717) is 17.3 Å². The van der Waals surface area contributed by atoms with Gasteiger partial charge < -0.3 is 10.0 Å². The second kappa shape index (κ2) is 11.1. The number of halogens is 1. The summed E-state index contributed by atoms with van der Waals surface area (Å²) in [5.41, 5.74) is 2.95. The van der Waals surface area contributed by atoms with Gasteiger partial charge in [-0.05, 0) is 67.4 Å². The Balaban J connectivity index is 1.71. The molecule has 3 atom stereocenters. The van der Waals surface area contributed by atoms with Gasteiger partial charge in [0.1, 0.15) is 11.6 Å². The van der Waals surface area contributed by atoms with E-state index in [1.165, 1.54) is 17.0 Å². The van der Waals surface area contributed by atoms with Gasteiger partial charge in [0.05, 0.1) is 6.04 Å². The minimum atomic E-state index is -0.386. The van der Waals surface area contributed by atoms with Crippen LogP contribution >= 0.6 is 0 Å². The molecule has 1 fully saturated rings. The number of aromatic hydroxyl groups is 1.